The van der Waals surface area contributed by atoms with Crippen LogP contribution >= 0.6 is 0 Å². The van der Waals surface area contributed by atoms with Crippen LogP contribution in [-0.4, -0.2) is 21.0 Å². The monoisotopic (exact) mass is 313 g/mol. The molecular formula is C18H23N3O2. The Kier molecular flexibility index (Phi) is 4.80. The SMILES string of the molecule is CC(C)(C)c1ncc(NC(=O)CC(C)(O)c2ccccc2)cn1. The summed E-state index contributed by atoms with van der Waals surface area (Å²) < 4.78 is 0. The Bertz CT molecular complexity index is 659. The molecule has 23 heavy (non-hydrogen) atoms. The Labute approximate surface area is 136 Å². The molecule has 0 aliphatic heterocycles. The summed E-state index contributed by atoms with van der Waals surface area (Å²) in [4.78, 5) is 20.7. The van der Waals surface area contributed by atoms with Crippen molar-refractivity contribution in [1.29, 1.82) is 0 Å². The first-order valence-electron chi connectivity index (χ1n) is 7.59. The highest BCUT2D eigenvalue weighted by Crippen LogP contribution is 2.25. The summed E-state index contributed by atoms with van der Waals surface area (Å²) in [5, 5.41) is 13.2. The van der Waals surface area contributed by atoms with Gasteiger partial charge >= 0.3 is 0 Å². The van der Waals surface area contributed by atoms with Crippen LogP contribution in [-0.2, 0) is 15.8 Å². The Morgan fingerprint density at radius 2 is 1.65 bits per heavy atom. The average Bonchev–Trinajstić information content (AvgIpc) is 2.47. The Morgan fingerprint density at radius 1 is 1.09 bits per heavy atom. The molecule has 2 rings (SSSR count). The molecule has 0 spiro atoms. The third-order valence-electron chi connectivity index (χ3n) is 3.51. The lowest BCUT2D eigenvalue weighted by molar-refractivity contribution is -0.120. The molecule has 0 radical (unpaired) electrons. The topological polar surface area (TPSA) is 75.1 Å². The van der Waals surface area contributed by atoms with Crippen molar-refractivity contribution in [3.8, 4) is 0 Å². The summed E-state index contributed by atoms with van der Waals surface area (Å²) in [5.74, 6) is 0.428. The van der Waals surface area contributed by atoms with Crippen molar-refractivity contribution in [3.05, 3.63) is 54.1 Å². The molecule has 5 nitrogen and oxygen atoms in total. The summed E-state index contributed by atoms with van der Waals surface area (Å²) >= 11 is 0. The molecule has 0 aliphatic rings. The van der Waals surface area contributed by atoms with Crippen molar-refractivity contribution in [3.63, 3.8) is 0 Å². The van der Waals surface area contributed by atoms with Crippen LogP contribution in [0.15, 0.2) is 42.7 Å². The molecule has 122 valence electrons. The number of hydrogen-bond donors (Lipinski definition) is 2. The fraction of sp³-hybridized carbons (Fsp3) is 0.389. The van der Waals surface area contributed by atoms with Crippen LogP contribution < -0.4 is 5.32 Å². The Hall–Kier alpha value is -2.27. The van der Waals surface area contributed by atoms with E-state index < -0.39 is 5.60 Å². The van der Waals surface area contributed by atoms with E-state index >= 15 is 0 Å². The van der Waals surface area contributed by atoms with E-state index in [1.165, 1.54) is 0 Å². The van der Waals surface area contributed by atoms with Gasteiger partial charge in [-0.3, -0.25) is 4.79 Å². The molecule has 0 bridgehead atoms. The van der Waals surface area contributed by atoms with E-state index in [2.05, 4.69) is 15.3 Å². The van der Waals surface area contributed by atoms with Crippen LogP contribution in [0.5, 0.6) is 0 Å². The number of aromatic nitrogens is 2. The van der Waals surface area contributed by atoms with Crippen molar-refractivity contribution >= 4 is 11.6 Å². The van der Waals surface area contributed by atoms with Crippen molar-refractivity contribution in [2.24, 2.45) is 0 Å². The van der Waals surface area contributed by atoms with Crippen molar-refractivity contribution in [1.82, 2.24) is 9.97 Å². The number of hydrogen-bond acceptors (Lipinski definition) is 4. The number of carbonyl (C=O) groups is 1. The van der Waals surface area contributed by atoms with Crippen molar-refractivity contribution < 1.29 is 9.90 Å². The summed E-state index contributed by atoms with van der Waals surface area (Å²) in [6.45, 7) is 7.70. The average molecular weight is 313 g/mol. The second-order valence-corrected chi connectivity index (χ2v) is 6.91. The summed E-state index contributed by atoms with van der Waals surface area (Å²) in [6, 6.07) is 9.14. The van der Waals surface area contributed by atoms with Gasteiger partial charge in [0.2, 0.25) is 5.91 Å². The second kappa shape index (κ2) is 6.46. The molecule has 1 amide bonds. The molecule has 5 heteroatoms. The van der Waals surface area contributed by atoms with Gasteiger partial charge in [0.25, 0.3) is 0 Å². The van der Waals surface area contributed by atoms with Crippen LogP contribution in [0.1, 0.15) is 45.5 Å². The van der Waals surface area contributed by atoms with E-state index in [1.54, 1.807) is 31.5 Å². The quantitative estimate of drug-likeness (QED) is 0.910. The molecule has 0 aliphatic carbocycles. The van der Waals surface area contributed by atoms with Crippen LogP contribution in [0, 0.1) is 0 Å². The Morgan fingerprint density at radius 3 is 2.17 bits per heavy atom. The van der Waals surface area contributed by atoms with E-state index in [0.29, 0.717) is 17.1 Å². The third-order valence-corrected chi connectivity index (χ3v) is 3.51. The van der Waals surface area contributed by atoms with E-state index in [9.17, 15) is 9.90 Å². The Balaban J connectivity index is 2.02. The van der Waals surface area contributed by atoms with Crippen molar-refractivity contribution in [2.45, 2.75) is 45.1 Å². The van der Waals surface area contributed by atoms with Crippen LogP contribution in [0.3, 0.4) is 0 Å². The van der Waals surface area contributed by atoms with Gasteiger partial charge in [-0.05, 0) is 12.5 Å². The maximum atomic E-state index is 12.2. The molecule has 1 unspecified atom stereocenters. The normalized spacial score (nSPS) is 14.1. The number of aliphatic hydroxyl groups is 1. The first kappa shape index (κ1) is 17.1. The number of benzene rings is 1. The molecule has 2 N–H and O–H groups in total. The zero-order valence-corrected chi connectivity index (χ0v) is 14.0. The smallest absolute Gasteiger partial charge is 0.227 e. The zero-order valence-electron chi connectivity index (χ0n) is 14.0. The molecule has 1 aromatic carbocycles. The van der Waals surface area contributed by atoms with Gasteiger partial charge < -0.3 is 10.4 Å². The lowest BCUT2D eigenvalue weighted by Crippen LogP contribution is -2.28. The predicted molar refractivity (Wildman–Crippen MR) is 90.0 cm³/mol. The zero-order chi connectivity index (χ0) is 17.1. The van der Waals surface area contributed by atoms with Crippen molar-refractivity contribution in [2.75, 3.05) is 5.32 Å². The third kappa shape index (κ3) is 4.60. The number of nitrogens with zero attached hydrogens (tertiary/aromatic N) is 2. The van der Waals surface area contributed by atoms with Gasteiger partial charge in [0, 0.05) is 5.41 Å². The molecule has 0 saturated carbocycles. The fourth-order valence-corrected chi connectivity index (χ4v) is 2.20. The highest BCUT2D eigenvalue weighted by atomic mass is 16.3. The van der Waals surface area contributed by atoms with Gasteiger partial charge in [-0.15, -0.1) is 0 Å². The van der Waals surface area contributed by atoms with Gasteiger partial charge in [-0.1, -0.05) is 51.1 Å². The number of carbonyl (C=O) groups excluding carboxylic acids is 1. The van der Waals surface area contributed by atoms with E-state index in [1.807, 2.05) is 39.0 Å². The van der Waals surface area contributed by atoms with Crippen LogP contribution in [0.25, 0.3) is 0 Å². The molecule has 1 atom stereocenters. The van der Waals surface area contributed by atoms with Gasteiger partial charge in [0.15, 0.2) is 0 Å². The summed E-state index contributed by atoms with van der Waals surface area (Å²) in [7, 11) is 0. The standard InChI is InChI=1S/C18H23N3O2/c1-17(2,3)16-19-11-14(12-20-16)21-15(22)10-18(4,23)13-8-6-5-7-9-13/h5-9,11-12,23H,10H2,1-4H3,(H,21,22). The maximum absolute atomic E-state index is 12.2. The fourth-order valence-electron chi connectivity index (χ4n) is 2.20. The highest BCUT2D eigenvalue weighted by molar-refractivity contribution is 5.91. The predicted octanol–water partition coefficient (Wildman–Crippen LogP) is 3.01. The molecule has 2 aromatic rings. The first-order valence-corrected chi connectivity index (χ1v) is 7.59. The van der Waals surface area contributed by atoms with E-state index in [-0.39, 0.29) is 17.7 Å². The molecular weight excluding hydrogens is 290 g/mol. The number of nitrogens with one attached hydrogen (secondary N) is 1. The second-order valence-electron chi connectivity index (χ2n) is 6.91. The minimum absolute atomic E-state index is 0.0436. The summed E-state index contributed by atoms with van der Waals surface area (Å²) in [5.41, 5.74) is -0.141. The number of amides is 1. The molecule has 0 fully saturated rings. The lowest BCUT2D eigenvalue weighted by atomic mass is 9.92. The minimum atomic E-state index is -1.22. The molecule has 1 aromatic heterocycles. The lowest BCUT2D eigenvalue weighted by Gasteiger charge is -2.23. The molecule has 1 heterocycles. The van der Waals surface area contributed by atoms with Crippen LogP contribution in [0.4, 0.5) is 5.69 Å². The van der Waals surface area contributed by atoms with Gasteiger partial charge in [-0.2, -0.15) is 0 Å². The van der Waals surface area contributed by atoms with E-state index in [0.717, 1.165) is 0 Å². The van der Waals surface area contributed by atoms with Gasteiger partial charge in [0.05, 0.1) is 30.1 Å². The number of rotatable bonds is 4. The van der Waals surface area contributed by atoms with Gasteiger partial charge in [-0.25, -0.2) is 9.97 Å². The molecule has 0 saturated heterocycles. The first-order chi connectivity index (χ1) is 10.7. The number of anilines is 1. The van der Waals surface area contributed by atoms with E-state index in [4.69, 9.17) is 0 Å². The highest BCUT2D eigenvalue weighted by Gasteiger charge is 2.26. The van der Waals surface area contributed by atoms with Crippen LogP contribution in [0.2, 0.25) is 0 Å². The minimum Gasteiger partial charge on any atom is -0.385 e. The van der Waals surface area contributed by atoms with Gasteiger partial charge in [0.1, 0.15) is 5.82 Å². The maximum Gasteiger partial charge on any atom is 0.227 e. The largest absolute Gasteiger partial charge is 0.385 e. The summed E-state index contributed by atoms with van der Waals surface area (Å²) in [6.07, 6.45) is 3.13.